The molecule has 0 amide bonds. The lowest BCUT2D eigenvalue weighted by atomic mass is 10.5. The van der Waals surface area contributed by atoms with E-state index >= 15 is 0 Å². The highest BCUT2D eigenvalue weighted by Gasteiger charge is 2.63. The number of ether oxygens (including phenoxy) is 2. The van der Waals surface area contributed by atoms with Gasteiger partial charge >= 0.3 is 18.3 Å². The van der Waals surface area contributed by atoms with Crippen LogP contribution in [0.4, 0.5) is 26.3 Å². The fourth-order valence-electron chi connectivity index (χ4n) is 0.585. The average Bonchev–Trinajstić information content (AvgIpc) is 1.79. The van der Waals surface area contributed by atoms with E-state index in [9.17, 15) is 26.3 Å². The highest BCUT2D eigenvalue weighted by Crippen LogP contribution is 2.39. The van der Waals surface area contributed by atoms with Gasteiger partial charge in [0, 0.05) is 6.92 Å². The summed E-state index contributed by atoms with van der Waals surface area (Å²) in [5.41, 5.74) is 0. The van der Waals surface area contributed by atoms with E-state index in [0.29, 0.717) is 0 Å². The van der Waals surface area contributed by atoms with E-state index in [1.807, 2.05) is 0 Å². The molecule has 0 aliphatic heterocycles. The van der Waals surface area contributed by atoms with Gasteiger partial charge in [0.25, 0.3) is 0 Å². The zero-order valence-corrected chi connectivity index (χ0v) is 7.29. The Bertz CT molecular complexity index is 186. The van der Waals surface area contributed by atoms with Crippen LogP contribution >= 0.6 is 0 Å². The van der Waals surface area contributed by atoms with Crippen molar-refractivity contribution < 1.29 is 35.8 Å². The Kier molecular flexibility index (Phi) is 3.79. The third-order valence-corrected chi connectivity index (χ3v) is 0.979. The van der Waals surface area contributed by atoms with E-state index in [4.69, 9.17) is 0 Å². The number of hydrogen-bond acceptors (Lipinski definition) is 2. The van der Waals surface area contributed by atoms with Crippen molar-refractivity contribution in [2.45, 2.75) is 32.2 Å². The number of halogens is 6. The summed E-state index contributed by atoms with van der Waals surface area (Å²) in [6.07, 6.45) is -9.96. The molecular weight excluding hydrogens is 218 g/mol. The van der Waals surface area contributed by atoms with Gasteiger partial charge < -0.3 is 4.74 Å². The first kappa shape index (κ1) is 13.5. The minimum absolute atomic E-state index is 0.0217. The number of alkyl halides is 6. The van der Waals surface area contributed by atoms with Crippen LogP contribution in [-0.4, -0.2) is 24.9 Å². The molecule has 0 N–H and O–H groups in total. The molecule has 14 heavy (non-hydrogen) atoms. The molecule has 0 saturated heterocycles. The summed E-state index contributed by atoms with van der Waals surface area (Å²) in [5.74, 6) is 0. The van der Waals surface area contributed by atoms with Gasteiger partial charge in [-0.1, -0.05) is 0 Å². The Balaban J connectivity index is 4.74. The fraction of sp³-hybridized carbons (Fsp3) is 1.00. The first-order valence-corrected chi connectivity index (χ1v) is 3.49. The van der Waals surface area contributed by atoms with Crippen LogP contribution in [0, 0.1) is 0 Å². The maximum absolute atomic E-state index is 12.7. The Morgan fingerprint density at radius 2 is 1.43 bits per heavy atom. The van der Waals surface area contributed by atoms with Crippen LogP contribution in [0.2, 0.25) is 0 Å². The van der Waals surface area contributed by atoms with E-state index in [1.165, 1.54) is 0 Å². The van der Waals surface area contributed by atoms with Gasteiger partial charge in [-0.25, -0.2) is 0 Å². The monoisotopic (exact) mass is 226 g/mol. The molecule has 0 bridgehead atoms. The first-order valence-electron chi connectivity index (χ1n) is 3.49. The van der Waals surface area contributed by atoms with Crippen molar-refractivity contribution >= 4 is 0 Å². The Morgan fingerprint density at radius 1 is 1.00 bits per heavy atom. The zero-order chi connectivity index (χ0) is 11.6. The molecule has 0 aliphatic carbocycles. The zero-order valence-electron chi connectivity index (χ0n) is 7.29. The quantitative estimate of drug-likeness (QED) is 0.542. The Morgan fingerprint density at radius 3 is 1.64 bits per heavy atom. The first-order chi connectivity index (χ1) is 6.02. The molecule has 0 aromatic heterocycles. The van der Waals surface area contributed by atoms with Crippen molar-refractivity contribution in [2.24, 2.45) is 0 Å². The highest BCUT2D eigenvalue weighted by atomic mass is 19.4. The van der Waals surface area contributed by atoms with Crippen LogP contribution in [0.3, 0.4) is 0 Å². The standard InChI is InChI=1S/C6H8F6O2/c1-3-13-6(12,5(9,10)11)14-4(2,7)8/h3H2,1-2H3. The third-order valence-electron chi connectivity index (χ3n) is 0.979. The molecule has 0 fully saturated rings. The van der Waals surface area contributed by atoms with Gasteiger partial charge in [0.15, 0.2) is 0 Å². The van der Waals surface area contributed by atoms with Gasteiger partial charge in [-0.05, 0) is 6.92 Å². The van der Waals surface area contributed by atoms with Gasteiger partial charge in [-0.15, -0.1) is 0 Å². The van der Waals surface area contributed by atoms with Crippen molar-refractivity contribution in [3.8, 4) is 0 Å². The van der Waals surface area contributed by atoms with Crippen LogP contribution in [0.5, 0.6) is 0 Å². The summed E-state index contributed by atoms with van der Waals surface area (Å²) in [5, 5.41) is 0. The average molecular weight is 226 g/mol. The summed E-state index contributed by atoms with van der Waals surface area (Å²) in [6.45, 7) is 0.232. The summed E-state index contributed by atoms with van der Waals surface area (Å²) < 4.78 is 78.8. The van der Waals surface area contributed by atoms with Crippen molar-refractivity contribution in [2.75, 3.05) is 6.61 Å². The predicted octanol–water partition coefficient (Wildman–Crippen LogP) is 2.84. The molecule has 0 aromatic carbocycles. The van der Waals surface area contributed by atoms with E-state index < -0.39 is 24.9 Å². The van der Waals surface area contributed by atoms with E-state index in [1.54, 1.807) is 0 Å². The molecule has 8 heteroatoms. The Labute approximate surface area is 75.8 Å². The molecule has 1 atom stereocenters. The molecule has 0 heterocycles. The van der Waals surface area contributed by atoms with E-state index in [0.717, 1.165) is 6.92 Å². The number of rotatable bonds is 4. The summed E-state index contributed by atoms with van der Waals surface area (Å²) in [6, 6.07) is -4.78. The lowest BCUT2D eigenvalue weighted by Gasteiger charge is -2.29. The fourth-order valence-corrected chi connectivity index (χ4v) is 0.585. The molecule has 0 aromatic rings. The van der Waals surface area contributed by atoms with Crippen LogP contribution in [0.1, 0.15) is 13.8 Å². The van der Waals surface area contributed by atoms with Gasteiger partial charge in [-0.2, -0.15) is 26.3 Å². The van der Waals surface area contributed by atoms with Crippen molar-refractivity contribution in [3.63, 3.8) is 0 Å². The molecular formula is C6H8F6O2. The molecule has 0 spiro atoms. The molecule has 86 valence electrons. The molecule has 0 radical (unpaired) electrons. The largest absolute Gasteiger partial charge is 0.478 e. The summed E-state index contributed by atoms with van der Waals surface area (Å²) in [7, 11) is 0. The molecule has 2 nitrogen and oxygen atoms in total. The molecule has 0 aliphatic rings. The van der Waals surface area contributed by atoms with Crippen molar-refractivity contribution in [1.29, 1.82) is 0 Å². The second-order valence-corrected chi connectivity index (χ2v) is 2.38. The van der Waals surface area contributed by atoms with Crippen LogP contribution in [-0.2, 0) is 9.47 Å². The van der Waals surface area contributed by atoms with Crippen molar-refractivity contribution in [3.05, 3.63) is 0 Å². The second-order valence-electron chi connectivity index (χ2n) is 2.38. The second kappa shape index (κ2) is 3.93. The number of hydrogen-bond donors (Lipinski definition) is 0. The van der Waals surface area contributed by atoms with Crippen LogP contribution in [0.15, 0.2) is 0 Å². The van der Waals surface area contributed by atoms with E-state index in [-0.39, 0.29) is 6.92 Å². The minimum atomic E-state index is -5.68. The smallest absolute Gasteiger partial charge is 0.317 e. The van der Waals surface area contributed by atoms with Crippen molar-refractivity contribution in [1.82, 2.24) is 0 Å². The third kappa shape index (κ3) is 3.70. The highest BCUT2D eigenvalue weighted by molar-refractivity contribution is 4.68. The lowest BCUT2D eigenvalue weighted by molar-refractivity contribution is -0.488. The molecule has 0 rings (SSSR count). The predicted molar refractivity (Wildman–Crippen MR) is 33.2 cm³/mol. The topological polar surface area (TPSA) is 18.5 Å². The lowest BCUT2D eigenvalue weighted by Crippen LogP contribution is -2.49. The van der Waals surface area contributed by atoms with E-state index in [2.05, 4.69) is 9.47 Å². The van der Waals surface area contributed by atoms with Gasteiger partial charge in [0.2, 0.25) is 0 Å². The molecule has 1 unspecified atom stereocenters. The van der Waals surface area contributed by atoms with Gasteiger partial charge in [0.05, 0.1) is 6.61 Å². The maximum atomic E-state index is 12.7. The summed E-state index contributed by atoms with van der Waals surface area (Å²) in [4.78, 5) is 0. The maximum Gasteiger partial charge on any atom is 0.478 e. The van der Waals surface area contributed by atoms with Crippen LogP contribution in [0.25, 0.3) is 0 Å². The molecule has 0 saturated carbocycles. The normalized spacial score (nSPS) is 18.0. The van der Waals surface area contributed by atoms with Gasteiger partial charge in [-0.3, -0.25) is 4.74 Å². The minimum Gasteiger partial charge on any atom is -0.317 e. The van der Waals surface area contributed by atoms with Crippen LogP contribution < -0.4 is 0 Å². The Hall–Kier alpha value is -0.500. The van der Waals surface area contributed by atoms with Gasteiger partial charge in [0.1, 0.15) is 0 Å². The summed E-state index contributed by atoms with van der Waals surface area (Å²) >= 11 is 0. The SMILES string of the molecule is CCOC(F)(OC(C)(F)F)C(F)(F)F.